The van der Waals surface area contributed by atoms with Gasteiger partial charge < -0.3 is 15.7 Å². The highest BCUT2D eigenvalue weighted by Crippen LogP contribution is 2.34. The molecule has 0 saturated carbocycles. The summed E-state index contributed by atoms with van der Waals surface area (Å²) in [6.45, 7) is 3.13. The minimum absolute atomic E-state index is 0.127. The summed E-state index contributed by atoms with van der Waals surface area (Å²) in [5.74, 6) is 0. The Hall–Kier alpha value is -1.31. The molecule has 0 atom stereocenters. The fourth-order valence-electron chi connectivity index (χ4n) is 2.46. The third-order valence-electron chi connectivity index (χ3n) is 3.98. The molecule has 21 heavy (non-hydrogen) atoms. The largest absolute Gasteiger partial charge is 0.396 e. The van der Waals surface area contributed by atoms with Crippen molar-refractivity contribution in [2.45, 2.75) is 30.3 Å². The minimum Gasteiger partial charge on any atom is -0.396 e. The van der Waals surface area contributed by atoms with E-state index in [-0.39, 0.29) is 10.6 Å². The molecule has 6 nitrogen and oxygen atoms in total. The third kappa shape index (κ3) is 3.14. The van der Waals surface area contributed by atoms with Gasteiger partial charge in [0.2, 0.25) is 10.0 Å². The van der Waals surface area contributed by atoms with Gasteiger partial charge in [-0.3, -0.25) is 0 Å². The van der Waals surface area contributed by atoms with E-state index in [4.69, 9.17) is 5.73 Å². The number of nitrogens with zero attached hydrogens (tertiary/aromatic N) is 2. The lowest BCUT2D eigenvalue weighted by atomic mass is 9.93. The molecule has 1 saturated heterocycles. The lowest BCUT2D eigenvalue weighted by molar-refractivity contribution is 0.0351. The van der Waals surface area contributed by atoms with Crippen molar-refractivity contribution in [2.75, 3.05) is 37.8 Å². The molecule has 3 N–H and O–H groups in total. The Bertz CT molecular complexity index is 616. The SMILES string of the molecule is CN(C)S(=O)(=O)c1cccc(N2CCC(C)(O)CC2)c1N. The van der Waals surface area contributed by atoms with Crippen LogP contribution in [0.2, 0.25) is 0 Å². The van der Waals surface area contributed by atoms with Gasteiger partial charge in [-0.2, -0.15) is 0 Å². The Morgan fingerprint density at radius 1 is 1.29 bits per heavy atom. The van der Waals surface area contributed by atoms with E-state index in [1.54, 1.807) is 6.07 Å². The quantitative estimate of drug-likeness (QED) is 0.809. The Kier molecular flexibility index (Phi) is 4.19. The molecule has 0 aliphatic carbocycles. The standard InChI is InChI=1S/C14H23N3O3S/c1-14(18)7-9-17(10-8-14)11-5-4-6-12(13(11)15)21(19,20)16(2)3/h4-6,18H,7-10,15H2,1-3H3. The van der Waals surface area contributed by atoms with Gasteiger partial charge in [0.15, 0.2) is 0 Å². The number of hydrogen-bond acceptors (Lipinski definition) is 5. The predicted molar refractivity (Wildman–Crippen MR) is 83.8 cm³/mol. The van der Waals surface area contributed by atoms with Gasteiger partial charge in [0.05, 0.1) is 17.0 Å². The van der Waals surface area contributed by atoms with Gasteiger partial charge in [-0.25, -0.2) is 12.7 Å². The molecule has 0 radical (unpaired) electrons. The van der Waals surface area contributed by atoms with E-state index in [0.29, 0.717) is 31.6 Å². The van der Waals surface area contributed by atoms with Crippen LogP contribution in [0.15, 0.2) is 23.1 Å². The molecular formula is C14H23N3O3S. The lowest BCUT2D eigenvalue weighted by Gasteiger charge is -2.37. The van der Waals surface area contributed by atoms with Crippen LogP contribution in [0.5, 0.6) is 0 Å². The number of aliphatic hydroxyl groups is 1. The van der Waals surface area contributed by atoms with Crippen LogP contribution in [-0.4, -0.2) is 50.6 Å². The molecular weight excluding hydrogens is 290 g/mol. The number of para-hydroxylation sites is 1. The number of rotatable bonds is 3. The molecule has 0 spiro atoms. The first-order valence-electron chi connectivity index (χ1n) is 6.93. The zero-order valence-corrected chi connectivity index (χ0v) is 13.5. The fraction of sp³-hybridized carbons (Fsp3) is 0.571. The summed E-state index contributed by atoms with van der Waals surface area (Å²) in [5, 5.41) is 10.0. The Labute approximate surface area is 126 Å². The van der Waals surface area contributed by atoms with Crippen molar-refractivity contribution >= 4 is 21.4 Å². The van der Waals surface area contributed by atoms with Gasteiger partial charge in [-0.05, 0) is 31.9 Å². The van der Waals surface area contributed by atoms with E-state index < -0.39 is 15.6 Å². The van der Waals surface area contributed by atoms with E-state index in [1.165, 1.54) is 20.2 Å². The number of benzene rings is 1. The van der Waals surface area contributed by atoms with Crippen LogP contribution in [0.25, 0.3) is 0 Å². The smallest absolute Gasteiger partial charge is 0.244 e. The van der Waals surface area contributed by atoms with Crippen LogP contribution in [0.3, 0.4) is 0 Å². The minimum atomic E-state index is -3.56. The molecule has 0 aromatic heterocycles. The second-order valence-electron chi connectivity index (χ2n) is 5.96. The maximum atomic E-state index is 12.3. The zero-order chi connectivity index (χ0) is 15.8. The van der Waals surface area contributed by atoms with Gasteiger partial charge in [0.25, 0.3) is 0 Å². The maximum Gasteiger partial charge on any atom is 0.244 e. The van der Waals surface area contributed by atoms with E-state index >= 15 is 0 Å². The molecule has 0 bridgehead atoms. The van der Waals surface area contributed by atoms with E-state index in [0.717, 1.165) is 4.31 Å². The summed E-state index contributed by atoms with van der Waals surface area (Å²) >= 11 is 0. The Balaban J connectivity index is 2.36. The number of sulfonamides is 1. The van der Waals surface area contributed by atoms with Crippen molar-refractivity contribution in [1.82, 2.24) is 4.31 Å². The van der Waals surface area contributed by atoms with Crippen LogP contribution in [0, 0.1) is 0 Å². The van der Waals surface area contributed by atoms with Crippen molar-refractivity contribution in [3.63, 3.8) is 0 Å². The first-order valence-corrected chi connectivity index (χ1v) is 8.37. The molecule has 0 amide bonds. The van der Waals surface area contributed by atoms with Crippen molar-refractivity contribution in [2.24, 2.45) is 0 Å². The highest BCUT2D eigenvalue weighted by atomic mass is 32.2. The summed E-state index contributed by atoms with van der Waals surface area (Å²) in [7, 11) is -0.588. The normalized spacial score (nSPS) is 19.0. The second kappa shape index (κ2) is 5.47. The zero-order valence-electron chi connectivity index (χ0n) is 12.7. The predicted octanol–water partition coefficient (Wildman–Crippen LogP) is 0.870. The van der Waals surface area contributed by atoms with Gasteiger partial charge in [-0.1, -0.05) is 6.07 Å². The van der Waals surface area contributed by atoms with Crippen LogP contribution in [-0.2, 0) is 10.0 Å². The summed E-state index contributed by atoms with van der Waals surface area (Å²) < 4.78 is 25.7. The molecule has 1 aromatic rings. The van der Waals surface area contributed by atoms with Gasteiger partial charge in [-0.15, -0.1) is 0 Å². The van der Waals surface area contributed by atoms with Crippen molar-refractivity contribution < 1.29 is 13.5 Å². The molecule has 1 aliphatic rings. The van der Waals surface area contributed by atoms with Crippen LogP contribution in [0.1, 0.15) is 19.8 Å². The van der Waals surface area contributed by atoms with Gasteiger partial charge in [0, 0.05) is 27.2 Å². The lowest BCUT2D eigenvalue weighted by Crippen LogP contribution is -2.42. The number of nitrogens with two attached hydrogens (primary N) is 1. The van der Waals surface area contributed by atoms with Crippen molar-refractivity contribution in [3.8, 4) is 0 Å². The molecule has 2 rings (SSSR count). The topological polar surface area (TPSA) is 86.9 Å². The highest BCUT2D eigenvalue weighted by molar-refractivity contribution is 7.89. The monoisotopic (exact) mass is 313 g/mol. The summed E-state index contributed by atoms with van der Waals surface area (Å²) in [5.41, 5.74) is 6.43. The van der Waals surface area contributed by atoms with Crippen LogP contribution in [0.4, 0.5) is 11.4 Å². The first kappa shape index (κ1) is 16.1. The highest BCUT2D eigenvalue weighted by Gasteiger charge is 2.29. The van der Waals surface area contributed by atoms with Crippen LogP contribution >= 0.6 is 0 Å². The second-order valence-corrected chi connectivity index (χ2v) is 8.08. The maximum absolute atomic E-state index is 12.3. The Morgan fingerprint density at radius 2 is 1.86 bits per heavy atom. The number of piperidine rings is 1. The number of anilines is 2. The van der Waals surface area contributed by atoms with E-state index in [1.807, 2.05) is 17.9 Å². The summed E-state index contributed by atoms with van der Waals surface area (Å²) in [6, 6.07) is 5.05. The molecule has 7 heteroatoms. The molecule has 1 aromatic carbocycles. The van der Waals surface area contributed by atoms with Crippen molar-refractivity contribution in [1.29, 1.82) is 0 Å². The van der Waals surface area contributed by atoms with Gasteiger partial charge >= 0.3 is 0 Å². The number of hydrogen-bond donors (Lipinski definition) is 2. The summed E-state index contributed by atoms with van der Waals surface area (Å²) in [4.78, 5) is 2.16. The summed E-state index contributed by atoms with van der Waals surface area (Å²) in [6.07, 6.45) is 1.27. The fourth-order valence-corrected chi connectivity index (χ4v) is 3.49. The third-order valence-corrected chi connectivity index (χ3v) is 5.86. The van der Waals surface area contributed by atoms with Crippen LogP contribution < -0.4 is 10.6 Å². The molecule has 1 fully saturated rings. The van der Waals surface area contributed by atoms with Gasteiger partial charge in [0.1, 0.15) is 4.90 Å². The van der Waals surface area contributed by atoms with Crippen molar-refractivity contribution in [3.05, 3.63) is 18.2 Å². The average molecular weight is 313 g/mol. The first-order chi connectivity index (χ1) is 9.65. The van der Waals surface area contributed by atoms with E-state index in [2.05, 4.69) is 0 Å². The molecule has 0 unspecified atom stereocenters. The molecule has 1 aliphatic heterocycles. The molecule has 1 heterocycles. The number of nitrogen functional groups attached to an aromatic ring is 1. The molecule has 118 valence electrons. The average Bonchev–Trinajstić information content (AvgIpc) is 2.39. The van der Waals surface area contributed by atoms with E-state index in [9.17, 15) is 13.5 Å². The Morgan fingerprint density at radius 3 is 2.38 bits per heavy atom.